The minimum atomic E-state index is -0.786. The molecule has 1 atom stereocenters. The van der Waals surface area contributed by atoms with Crippen molar-refractivity contribution in [3.63, 3.8) is 0 Å². The maximum absolute atomic E-state index is 13.0. The van der Waals surface area contributed by atoms with Gasteiger partial charge in [-0.3, -0.25) is 14.6 Å². The largest absolute Gasteiger partial charge is 0.481 e. The van der Waals surface area contributed by atoms with E-state index in [1.807, 2.05) is 24.0 Å². The van der Waals surface area contributed by atoms with Crippen LogP contribution in [0.25, 0.3) is 0 Å². The highest BCUT2D eigenvalue weighted by Gasteiger charge is 2.35. The Morgan fingerprint density at radius 3 is 2.64 bits per heavy atom. The molecule has 1 unspecified atom stereocenters. The van der Waals surface area contributed by atoms with E-state index in [1.165, 1.54) is 6.42 Å². The molecule has 0 spiro atoms. The molecule has 1 aliphatic carbocycles. The summed E-state index contributed by atoms with van der Waals surface area (Å²) >= 11 is 0. The van der Waals surface area contributed by atoms with Gasteiger partial charge in [0, 0.05) is 24.6 Å². The van der Waals surface area contributed by atoms with Gasteiger partial charge in [0.25, 0.3) is 0 Å². The number of carbonyl (C=O) groups is 2. The molecule has 1 N–H and O–H groups in total. The normalized spacial score (nSPS) is 21.5. The lowest BCUT2D eigenvalue weighted by Crippen LogP contribution is -2.36. The van der Waals surface area contributed by atoms with Crippen LogP contribution in [0.4, 0.5) is 0 Å². The van der Waals surface area contributed by atoms with Crippen molar-refractivity contribution in [2.75, 3.05) is 6.54 Å². The predicted octanol–water partition coefficient (Wildman–Crippen LogP) is 3.65. The molecule has 3 rings (SSSR count). The van der Waals surface area contributed by atoms with Gasteiger partial charge in [0.05, 0.1) is 11.7 Å². The Bertz CT molecular complexity index is 638. The molecule has 1 saturated carbocycles. The number of aryl methyl sites for hydroxylation is 2. The average molecular weight is 344 g/mol. The number of amides is 1. The summed E-state index contributed by atoms with van der Waals surface area (Å²) in [4.78, 5) is 30.6. The summed E-state index contributed by atoms with van der Waals surface area (Å²) in [5.41, 5.74) is 2.83. The van der Waals surface area contributed by atoms with Gasteiger partial charge in [0.2, 0.25) is 5.91 Å². The lowest BCUT2D eigenvalue weighted by Gasteiger charge is -2.30. The van der Waals surface area contributed by atoms with Crippen LogP contribution in [-0.2, 0) is 16.0 Å². The molecule has 136 valence electrons. The Kier molecular flexibility index (Phi) is 5.71. The summed E-state index contributed by atoms with van der Waals surface area (Å²) in [5, 5.41) is 8.92. The van der Waals surface area contributed by atoms with E-state index < -0.39 is 5.97 Å². The molecule has 1 amide bonds. The van der Waals surface area contributed by atoms with E-state index in [0.29, 0.717) is 12.3 Å². The monoisotopic (exact) mass is 344 g/mol. The molecule has 1 aromatic rings. The van der Waals surface area contributed by atoms with Crippen molar-refractivity contribution in [1.82, 2.24) is 9.88 Å². The summed E-state index contributed by atoms with van der Waals surface area (Å²) in [7, 11) is 0. The first-order valence-corrected chi connectivity index (χ1v) is 9.54. The van der Waals surface area contributed by atoms with Crippen LogP contribution in [-0.4, -0.2) is 33.4 Å². The molecular formula is C20H28N2O3. The van der Waals surface area contributed by atoms with Crippen LogP contribution < -0.4 is 0 Å². The van der Waals surface area contributed by atoms with Gasteiger partial charge < -0.3 is 10.0 Å². The van der Waals surface area contributed by atoms with E-state index in [9.17, 15) is 9.59 Å². The topological polar surface area (TPSA) is 70.5 Å². The number of rotatable bonds is 5. The fourth-order valence-electron chi connectivity index (χ4n) is 4.26. The molecular weight excluding hydrogens is 316 g/mol. The van der Waals surface area contributed by atoms with Crippen LogP contribution in [0.5, 0.6) is 0 Å². The van der Waals surface area contributed by atoms with E-state index in [1.54, 1.807) is 0 Å². The molecule has 0 aromatic carbocycles. The van der Waals surface area contributed by atoms with Gasteiger partial charge in [-0.15, -0.1) is 0 Å². The van der Waals surface area contributed by atoms with Crippen LogP contribution in [0.1, 0.15) is 74.4 Å². The summed E-state index contributed by atoms with van der Waals surface area (Å²) in [6.45, 7) is 2.76. The number of hydrogen-bond acceptors (Lipinski definition) is 3. The van der Waals surface area contributed by atoms with E-state index in [4.69, 9.17) is 5.11 Å². The van der Waals surface area contributed by atoms with Crippen molar-refractivity contribution in [2.24, 2.45) is 5.92 Å². The second-order valence-corrected chi connectivity index (χ2v) is 7.46. The van der Waals surface area contributed by atoms with Crippen molar-refractivity contribution < 1.29 is 14.7 Å². The van der Waals surface area contributed by atoms with Gasteiger partial charge in [0.15, 0.2) is 0 Å². The Balaban J connectivity index is 1.77. The first-order chi connectivity index (χ1) is 12.0. The van der Waals surface area contributed by atoms with Crippen molar-refractivity contribution in [2.45, 2.75) is 70.8 Å². The Morgan fingerprint density at radius 2 is 1.92 bits per heavy atom. The van der Waals surface area contributed by atoms with E-state index >= 15 is 0 Å². The molecule has 1 aromatic heterocycles. The average Bonchev–Trinajstić information content (AvgIpc) is 3.09. The van der Waals surface area contributed by atoms with Crippen molar-refractivity contribution in [1.29, 1.82) is 0 Å². The lowest BCUT2D eigenvalue weighted by molar-refractivity contribution is -0.138. The first kappa shape index (κ1) is 17.9. The molecule has 2 heterocycles. The van der Waals surface area contributed by atoms with Gasteiger partial charge in [-0.05, 0) is 56.7 Å². The number of likely N-dealkylation sites (tertiary alicyclic amines) is 1. The quantitative estimate of drug-likeness (QED) is 0.885. The fourth-order valence-corrected chi connectivity index (χ4v) is 4.26. The third-order valence-corrected chi connectivity index (χ3v) is 5.49. The van der Waals surface area contributed by atoms with Crippen LogP contribution in [0, 0.1) is 12.8 Å². The maximum Gasteiger partial charge on any atom is 0.303 e. The molecule has 1 aliphatic heterocycles. The number of nitrogens with zero attached hydrogens (tertiary/aromatic N) is 2. The van der Waals surface area contributed by atoms with E-state index in [0.717, 1.165) is 62.0 Å². The zero-order valence-electron chi connectivity index (χ0n) is 15.0. The zero-order valence-corrected chi connectivity index (χ0v) is 15.0. The van der Waals surface area contributed by atoms with Gasteiger partial charge >= 0.3 is 5.97 Å². The standard InChI is InChI=1S/C20H28N2O3/c1-14-12-15(9-10-19(23)24)13-17(21-14)18-8-5-11-22(18)20(25)16-6-3-2-4-7-16/h12-13,16,18H,2-11H2,1H3,(H,23,24). The Hall–Kier alpha value is -1.91. The van der Waals surface area contributed by atoms with E-state index in [-0.39, 0.29) is 18.4 Å². The molecule has 0 radical (unpaired) electrons. The summed E-state index contributed by atoms with van der Waals surface area (Å²) in [5.74, 6) is -0.297. The number of aromatic nitrogens is 1. The highest BCUT2D eigenvalue weighted by Crippen LogP contribution is 2.35. The molecule has 1 saturated heterocycles. The fraction of sp³-hybridized carbons (Fsp3) is 0.650. The van der Waals surface area contributed by atoms with Crippen molar-refractivity contribution in [3.05, 3.63) is 29.1 Å². The van der Waals surface area contributed by atoms with Crippen LogP contribution >= 0.6 is 0 Å². The highest BCUT2D eigenvalue weighted by molar-refractivity contribution is 5.79. The second kappa shape index (κ2) is 7.98. The molecule has 25 heavy (non-hydrogen) atoms. The molecule has 2 fully saturated rings. The molecule has 0 bridgehead atoms. The van der Waals surface area contributed by atoms with Gasteiger partial charge in [-0.25, -0.2) is 0 Å². The van der Waals surface area contributed by atoms with Gasteiger partial charge in [0.1, 0.15) is 0 Å². The maximum atomic E-state index is 13.0. The summed E-state index contributed by atoms with van der Waals surface area (Å²) in [6, 6.07) is 4.01. The number of pyridine rings is 1. The number of aliphatic carboxylic acids is 1. The minimum absolute atomic E-state index is 0.0536. The van der Waals surface area contributed by atoms with Crippen molar-refractivity contribution >= 4 is 11.9 Å². The number of carbonyl (C=O) groups excluding carboxylic acids is 1. The summed E-state index contributed by atoms with van der Waals surface area (Å²) < 4.78 is 0. The molecule has 5 heteroatoms. The van der Waals surface area contributed by atoms with Crippen LogP contribution in [0.2, 0.25) is 0 Å². The SMILES string of the molecule is Cc1cc(CCC(=O)O)cc(C2CCCN2C(=O)C2CCCCC2)n1. The Labute approximate surface area is 149 Å². The smallest absolute Gasteiger partial charge is 0.303 e. The lowest BCUT2D eigenvalue weighted by atomic mass is 9.88. The van der Waals surface area contributed by atoms with Crippen LogP contribution in [0.3, 0.4) is 0 Å². The number of hydrogen-bond donors (Lipinski definition) is 1. The number of carboxylic acid groups (broad SMARTS) is 1. The zero-order chi connectivity index (χ0) is 17.8. The third kappa shape index (κ3) is 4.39. The minimum Gasteiger partial charge on any atom is -0.481 e. The third-order valence-electron chi connectivity index (χ3n) is 5.49. The van der Waals surface area contributed by atoms with Gasteiger partial charge in [-0.2, -0.15) is 0 Å². The first-order valence-electron chi connectivity index (χ1n) is 9.54. The number of carboxylic acids is 1. The predicted molar refractivity (Wildman–Crippen MR) is 95.2 cm³/mol. The molecule has 5 nitrogen and oxygen atoms in total. The van der Waals surface area contributed by atoms with E-state index in [2.05, 4.69) is 4.98 Å². The molecule has 2 aliphatic rings. The summed E-state index contributed by atoms with van der Waals surface area (Å²) in [6.07, 6.45) is 8.22. The van der Waals surface area contributed by atoms with Crippen LogP contribution in [0.15, 0.2) is 12.1 Å². The second-order valence-electron chi connectivity index (χ2n) is 7.46. The van der Waals surface area contributed by atoms with Crippen molar-refractivity contribution in [3.8, 4) is 0 Å². The Morgan fingerprint density at radius 1 is 1.16 bits per heavy atom. The highest BCUT2D eigenvalue weighted by atomic mass is 16.4. The van der Waals surface area contributed by atoms with Gasteiger partial charge in [-0.1, -0.05) is 19.3 Å².